The molecule has 0 aliphatic rings. The van der Waals surface area contributed by atoms with Crippen LogP contribution in [-0.2, 0) is 0 Å². The number of hydrogen-bond acceptors (Lipinski definition) is 2. The molecule has 18 heavy (non-hydrogen) atoms. The molecule has 2 heteroatoms. The van der Waals surface area contributed by atoms with Gasteiger partial charge in [0.2, 0.25) is 0 Å². The van der Waals surface area contributed by atoms with E-state index in [-0.39, 0.29) is 0 Å². The minimum absolute atomic E-state index is 0.692. The Labute approximate surface area is 115 Å². The largest absolute Gasteiger partial charge is 0.318 e. The van der Waals surface area contributed by atoms with Gasteiger partial charge in [-0.25, -0.2) is 0 Å². The molecule has 0 aliphatic carbocycles. The quantitative estimate of drug-likeness (QED) is 0.365. The Morgan fingerprint density at radius 2 is 1.06 bits per heavy atom. The highest BCUT2D eigenvalue weighted by Crippen LogP contribution is 2.11. The van der Waals surface area contributed by atoms with Gasteiger partial charge in [0, 0.05) is 6.67 Å². The highest BCUT2D eigenvalue weighted by Gasteiger charge is 1.95. The molecule has 0 spiro atoms. The lowest BCUT2D eigenvalue weighted by Crippen LogP contribution is -2.26. The summed E-state index contributed by atoms with van der Waals surface area (Å²) in [4.78, 5) is 2.19. The molecule has 0 fully saturated rings. The topological polar surface area (TPSA) is 29.3 Å². The molecule has 0 amide bonds. The zero-order valence-corrected chi connectivity index (χ0v) is 12.9. The molecule has 2 nitrogen and oxygen atoms in total. The van der Waals surface area contributed by atoms with Crippen molar-refractivity contribution >= 4 is 0 Å². The van der Waals surface area contributed by atoms with Gasteiger partial charge in [-0.1, -0.05) is 77.6 Å². The number of unbranched alkanes of at least 4 members (excludes halogenated alkanes) is 11. The summed E-state index contributed by atoms with van der Waals surface area (Å²) in [7, 11) is 2.10. The van der Waals surface area contributed by atoms with Gasteiger partial charge in [-0.3, -0.25) is 4.90 Å². The van der Waals surface area contributed by atoms with Gasteiger partial charge in [-0.15, -0.1) is 0 Å². The molecule has 0 saturated heterocycles. The third-order valence-corrected chi connectivity index (χ3v) is 3.71. The molecule has 0 aromatic carbocycles. The Morgan fingerprint density at radius 3 is 1.44 bits per heavy atom. The first-order chi connectivity index (χ1) is 8.81. The SMILES string of the molecule is CCCCCCCCCCCCCCN(C)CN. The van der Waals surface area contributed by atoms with E-state index in [2.05, 4.69) is 18.9 Å². The predicted molar refractivity (Wildman–Crippen MR) is 82.8 cm³/mol. The number of nitrogens with two attached hydrogens (primary N) is 1. The molecule has 0 radical (unpaired) electrons. The van der Waals surface area contributed by atoms with Gasteiger partial charge < -0.3 is 5.73 Å². The number of nitrogens with zero attached hydrogens (tertiary/aromatic N) is 1. The van der Waals surface area contributed by atoms with E-state index in [1.165, 1.54) is 77.0 Å². The average molecular weight is 256 g/mol. The molecule has 0 unspecified atom stereocenters. The Bertz CT molecular complexity index is 148. The molecule has 0 aromatic rings. The van der Waals surface area contributed by atoms with Crippen molar-refractivity contribution in [2.24, 2.45) is 5.73 Å². The molecule has 0 bridgehead atoms. The zero-order valence-electron chi connectivity index (χ0n) is 12.9. The smallest absolute Gasteiger partial charge is 0.0452 e. The van der Waals surface area contributed by atoms with Crippen molar-refractivity contribution in [3.8, 4) is 0 Å². The van der Waals surface area contributed by atoms with Gasteiger partial charge in [0.15, 0.2) is 0 Å². The van der Waals surface area contributed by atoms with Crippen LogP contribution in [0.2, 0.25) is 0 Å². The maximum atomic E-state index is 5.54. The van der Waals surface area contributed by atoms with Crippen molar-refractivity contribution in [2.45, 2.75) is 84.0 Å². The van der Waals surface area contributed by atoms with Gasteiger partial charge in [-0.05, 0) is 20.0 Å². The fraction of sp³-hybridized carbons (Fsp3) is 1.00. The average Bonchev–Trinajstić information content (AvgIpc) is 2.39. The molecule has 0 saturated carbocycles. The minimum Gasteiger partial charge on any atom is -0.318 e. The third-order valence-electron chi connectivity index (χ3n) is 3.71. The Morgan fingerprint density at radius 1 is 0.667 bits per heavy atom. The zero-order chi connectivity index (χ0) is 13.5. The molecule has 0 rings (SSSR count). The molecular weight excluding hydrogens is 220 g/mol. The third kappa shape index (κ3) is 14.0. The second-order valence-electron chi connectivity index (χ2n) is 5.65. The molecule has 2 N–H and O–H groups in total. The van der Waals surface area contributed by atoms with E-state index >= 15 is 0 Å². The van der Waals surface area contributed by atoms with E-state index in [0.717, 1.165) is 6.54 Å². The predicted octanol–water partition coefficient (Wildman–Crippen LogP) is 4.54. The van der Waals surface area contributed by atoms with E-state index in [1.54, 1.807) is 0 Å². The second kappa shape index (κ2) is 15.0. The number of rotatable bonds is 14. The van der Waals surface area contributed by atoms with Crippen LogP contribution in [0.5, 0.6) is 0 Å². The molecule has 0 aromatic heterocycles. The summed E-state index contributed by atoms with van der Waals surface area (Å²) in [6.07, 6.45) is 17.0. The van der Waals surface area contributed by atoms with E-state index in [9.17, 15) is 0 Å². The number of hydrogen-bond donors (Lipinski definition) is 1. The van der Waals surface area contributed by atoms with Crippen molar-refractivity contribution in [2.75, 3.05) is 20.3 Å². The van der Waals surface area contributed by atoms with Crippen LogP contribution in [0.1, 0.15) is 84.0 Å². The van der Waals surface area contributed by atoms with Crippen molar-refractivity contribution in [3.63, 3.8) is 0 Å². The van der Waals surface area contributed by atoms with E-state index < -0.39 is 0 Å². The Hall–Kier alpha value is -0.0800. The van der Waals surface area contributed by atoms with Crippen LogP contribution < -0.4 is 5.73 Å². The monoisotopic (exact) mass is 256 g/mol. The van der Waals surface area contributed by atoms with Crippen molar-refractivity contribution < 1.29 is 0 Å². The van der Waals surface area contributed by atoms with Crippen molar-refractivity contribution in [3.05, 3.63) is 0 Å². The van der Waals surface area contributed by atoms with Gasteiger partial charge >= 0.3 is 0 Å². The fourth-order valence-corrected chi connectivity index (χ4v) is 2.31. The molecule has 0 heterocycles. The highest BCUT2D eigenvalue weighted by molar-refractivity contribution is 4.51. The lowest BCUT2D eigenvalue weighted by molar-refractivity contribution is 0.333. The van der Waals surface area contributed by atoms with E-state index in [1.807, 2.05) is 0 Å². The lowest BCUT2D eigenvalue weighted by atomic mass is 10.1. The van der Waals surface area contributed by atoms with Crippen LogP contribution in [0.3, 0.4) is 0 Å². The van der Waals surface area contributed by atoms with E-state index in [0.29, 0.717) is 6.67 Å². The maximum absolute atomic E-state index is 5.54. The van der Waals surface area contributed by atoms with Crippen LogP contribution in [0, 0.1) is 0 Å². The Kier molecular flexibility index (Phi) is 14.9. The standard InChI is InChI=1S/C16H36N2/c1-3-4-5-6-7-8-9-10-11-12-13-14-15-18(2)16-17/h3-17H2,1-2H3. The fourth-order valence-electron chi connectivity index (χ4n) is 2.31. The first kappa shape index (κ1) is 17.9. The first-order valence-corrected chi connectivity index (χ1v) is 8.20. The van der Waals surface area contributed by atoms with Crippen molar-refractivity contribution in [1.82, 2.24) is 4.90 Å². The maximum Gasteiger partial charge on any atom is 0.0452 e. The lowest BCUT2D eigenvalue weighted by Gasteiger charge is -2.12. The van der Waals surface area contributed by atoms with Crippen molar-refractivity contribution in [1.29, 1.82) is 0 Å². The second-order valence-corrected chi connectivity index (χ2v) is 5.65. The van der Waals surface area contributed by atoms with Crippen LogP contribution >= 0.6 is 0 Å². The van der Waals surface area contributed by atoms with E-state index in [4.69, 9.17) is 5.73 Å². The first-order valence-electron chi connectivity index (χ1n) is 8.20. The van der Waals surface area contributed by atoms with Gasteiger partial charge in [0.1, 0.15) is 0 Å². The summed E-state index contributed by atoms with van der Waals surface area (Å²) in [5, 5.41) is 0. The van der Waals surface area contributed by atoms with Gasteiger partial charge in [-0.2, -0.15) is 0 Å². The van der Waals surface area contributed by atoms with Crippen LogP contribution in [0.15, 0.2) is 0 Å². The molecular formula is C16H36N2. The van der Waals surface area contributed by atoms with Gasteiger partial charge in [0.05, 0.1) is 0 Å². The van der Waals surface area contributed by atoms with Crippen LogP contribution in [0.25, 0.3) is 0 Å². The molecule has 0 aliphatic heterocycles. The summed E-state index contributed by atoms with van der Waals surface area (Å²) in [6.45, 7) is 4.14. The molecule has 110 valence electrons. The van der Waals surface area contributed by atoms with Crippen LogP contribution in [-0.4, -0.2) is 25.2 Å². The minimum atomic E-state index is 0.692. The van der Waals surface area contributed by atoms with Gasteiger partial charge in [0.25, 0.3) is 0 Å². The normalized spacial score (nSPS) is 11.3. The van der Waals surface area contributed by atoms with Crippen LogP contribution in [0.4, 0.5) is 0 Å². The summed E-state index contributed by atoms with van der Waals surface area (Å²) in [5.74, 6) is 0. The highest BCUT2D eigenvalue weighted by atomic mass is 15.1. The molecule has 0 atom stereocenters. The summed E-state index contributed by atoms with van der Waals surface area (Å²) in [6, 6.07) is 0. The summed E-state index contributed by atoms with van der Waals surface area (Å²) < 4.78 is 0. The summed E-state index contributed by atoms with van der Waals surface area (Å²) >= 11 is 0. The summed E-state index contributed by atoms with van der Waals surface area (Å²) in [5.41, 5.74) is 5.54. The Balaban J connectivity index is 2.94.